The molecule has 1 heteroatoms. The van der Waals surface area contributed by atoms with Gasteiger partial charge in [0.05, 0.1) is 0 Å². The molecule has 0 amide bonds. The van der Waals surface area contributed by atoms with E-state index in [-0.39, 0.29) is 0 Å². The van der Waals surface area contributed by atoms with Gasteiger partial charge in [0.25, 0.3) is 0 Å². The van der Waals surface area contributed by atoms with Gasteiger partial charge in [-0.15, -0.1) is 0 Å². The maximum Gasteiger partial charge on any atom is 0.0466 e. The molecule has 0 spiro atoms. The van der Waals surface area contributed by atoms with Gasteiger partial charge in [-0.2, -0.15) is 0 Å². The van der Waals surface area contributed by atoms with Gasteiger partial charge in [-0.25, -0.2) is 0 Å². The molecule has 2 atom stereocenters. The third-order valence-electron chi connectivity index (χ3n) is 5.81. The van der Waals surface area contributed by atoms with Gasteiger partial charge >= 0.3 is 0 Å². The van der Waals surface area contributed by atoms with Crippen molar-refractivity contribution in [2.45, 2.75) is 130 Å². The lowest BCUT2D eigenvalue weighted by atomic mass is 9.95. The van der Waals surface area contributed by atoms with Gasteiger partial charge in [-0.05, 0) is 63.2 Å². The van der Waals surface area contributed by atoms with Gasteiger partial charge in [0, 0.05) is 13.2 Å². The molecular formula is C28H54O. The molecule has 172 valence electrons. The normalized spacial score (nSPS) is 14.2. The molecule has 0 radical (unpaired) electrons. The topological polar surface area (TPSA) is 9.23 Å². The third kappa shape index (κ3) is 20.5. The first-order valence-electron chi connectivity index (χ1n) is 13.2. The van der Waals surface area contributed by atoms with Crippen LogP contribution in [-0.2, 0) is 4.74 Å². The largest absolute Gasteiger partial charge is 0.381 e. The molecule has 2 unspecified atom stereocenters. The van der Waals surface area contributed by atoms with Crippen LogP contribution in [0.5, 0.6) is 0 Å². The highest BCUT2D eigenvalue weighted by atomic mass is 16.5. The molecule has 0 rings (SSSR count). The summed E-state index contributed by atoms with van der Waals surface area (Å²) >= 11 is 0. The minimum absolute atomic E-state index is 0.767. The highest BCUT2D eigenvalue weighted by molar-refractivity contribution is 4.89. The van der Waals surface area contributed by atoms with Gasteiger partial charge in [-0.1, -0.05) is 103 Å². The van der Waals surface area contributed by atoms with Crippen LogP contribution < -0.4 is 0 Å². The fourth-order valence-corrected chi connectivity index (χ4v) is 3.89. The van der Waals surface area contributed by atoms with Crippen molar-refractivity contribution in [1.82, 2.24) is 0 Å². The fourth-order valence-electron chi connectivity index (χ4n) is 3.89. The average molecular weight is 407 g/mol. The van der Waals surface area contributed by atoms with Gasteiger partial charge in [0.15, 0.2) is 0 Å². The Kier molecular flexibility index (Phi) is 23.3. The summed E-state index contributed by atoms with van der Waals surface area (Å²) in [7, 11) is 0. The van der Waals surface area contributed by atoms with E-state index < -0.39 is 0 Å². The number of unbranched alkanes of at least 4 members (excludes halogenated alkanes) is 6. The molecule has 0 aromatic rings. The molecule has 0 aromatic carbocycles. The van der Waals surface area contributed by atoms with Gasteiger partial charge in [0.1, 0.15) is 0 Å². The summed E-state index contributed by atoms with van der Waals surface area (Å²) in [6, 6.07) is 0. The van der Waals surface area contributed by atoms with Crippen molar-refractivity contribution in [1.29, 1.82) is 0 Å². The molecule has 0 N–H and O–H groups in total. The summed E-state index contributed by atoms with van der Waals surface area (Å²) in [5.74, 6) is 1.53. The molecule has 0 aliphatic rings. The van der Waals surface area contributed by atoms with Crippen molar-refractivity contribution in [2.24, 2.45) is 11.8 Å². The fraction of sp³-hybridized carbons (Fsp3) is 0.857. The number of rotatable bonds is 22. The van der Waals surface area contributed by atoms with Crippen molar-refractivity contribution in [3.8, 4) is 0 Å². The predicted molar refractivity (Wildman–Crippen MR) is 133 cm³/mol. The zero-order valence-corrected chi connectivity index (χ0v) is 20.6. The minimum atomic E-state index is 0.767. The summed E-state index contributed by atoms with van der Waals surface area (Å²) in [6.07, 6.45) is 30.6. The zero-order chi connectivity index (χ0) is 21.4. The van der Waals surface area contributed by atoms with E-state index in [1.54, 1.807) is 0 Å². The van der Waals surface area contributed by atoms with E-state index in [4.69, 9.17) is 4.74 Å². The van der Waals surface area contributed by atoms with Gasteiger partial charge in [0.2, 0.25) is 0 Å². The second-order valence-corrected chi connectivity index (χ2v) is 8.84. The Morgan fingerprint density at radius 1 is 0.517 bits per heavy atom. The number of allylic oxidation sites excluding steroid dienone is 4. The smallest absolute Gasteiger partial charge is 0.0466 e. The maximum atomic E-state index is 5.99. The summed E-state index contributed by atoms with van der Waals surface area (Å²) in [5.41, 5.74) is 0. The quantitative estimate of drug-likeness (QED) is 0.128. The molecule has 0 heterocycles. The highest BCUT2D eigenvalue weighted by Gasteiger charge is 2.06. The van der Waals surface area contributed by atoms with Crippen molar-refractivity contribution in [3.63, 3.8) is 0 Å². The number of hydrogen-bond acceptors (Lipinski definition) is 1. The lowest BCUT2D eigenvalue weighted by Crippen LogP contribution is -2.04. The molecule has 0 aliphatic heterocycles. The predicted octanol–water partition coefficient (Wildman–Crippen LogP) is 9.67. The molecule has 29 heavy (non-hydrogen) atoms. The Morgan fingerprint density at radius 2 is 0.931 bits per heavy atom. The van der Waals surface area contributed by atoms with Crippen molar-refractivity contribution in [2.75, 3.05) is 13.2 Å². The first kappa shape index (κ1) is 28.4. The van der Waals surface area contributed by atoms with E-state index in [1.807, 2.05) is 0 Å². The van der Waals surface area contributed by atoms with Crippen LogP contribution in [0.25, 0.3) is 0 Å². The first-order chi connectivity index (χ1) is 14.3. The summed E-state index contributed by atoms with van der Waals surface area (Å²) in [4.78, 5) is 0. The lowest BCUT2D eigenvalue weighted by Gasteiger charge is -2.14. The van der Waals surface area contributed by atoms with E-state index in [2.05, 4.69) is 52.0 Å². The lowest BCUT2D eigenvalue weighted by molar-refractivity contribution is 0.122. The van der Waals surface area contributed by atoms with Crippen LogP contribution >= 0.6 is 0 Å². The average Bonchev–Trinajstić information content (AvgIpc) is 2.72. The standard InChI is InChI=1S/C28H54O/c1-5-9-13-19-27(20-14-10-6-2)23-17-25-29-26-18-24-28(21-15-11-7-3)22-16-12-8-4/h13,15,19,21,27-28H,5-12,14,16-18,20,22-26H2,1-4H3. The van der Waals surface area contributed by atoms with Gasteiger partial charge in [-0.3, -0.25) is 0 Å². The van der Waals surface area contributed by atoms with Crippen LogP contribution in [-0.4, -0.2) is 13.2 Å². The number of ether oxygens (including phenoxy) is 1. The summed E-state index contributed by atoms with van der Waals surface area (Å²) in [6.45, 7) is 11.0. The molecule has 0 fully saturated rings. The Morgan fingerprint density at radius 3 is 1.31 bits per heavy atom. The van der Waals surface area contributed by atoms with Crippen LogP contribution in [0.3, 0.4) is 0 Å². The molecule has 0 saturated heterocycles. The molecular weight excluding hydrogens is 352 g/mol. The van der Waals surface area contributed by atoms with Crippen LogP contribution in [0.1, 0.15) is 130 Å². The Balaban J connectivity index is 3.97. The first-order valence-corrected chi connectivity index (χ1v) is 13.2. The number of hydrogen-bond donors (Lipinski definition) is 0. The third-order valence-corrected chi connectivity index (χ3v) is 5.81. The van der Waals surface area contributed by atoms with Crippen LogP contribution in [0.2, 0.25) is 0 Å². The van der Waals surface area contributed by atoms with Crippen LogP contribution in [0.15, 0.2) is 24.3 Å². The van der Waals surface area contributed by atoms with Crippen molar-refractivity contribution >= 4 is 0 Å². The van der Waals surface area contributed by atoms with Gasteiger partial charge < -0.3 is 4.74 Å². The zero-order valence-electron chi connectivity index (χ0n) is 20.6. The highest BCUT2D eigenvalue weighted by Crippen LogP contribution is 2.19. The van der Waals surface area contributed by atoms with E-state index in [9.17, 15) is 0 Å². The molecule has 0 saturated carbocycles. The van der Waals surface area contributed by atoms with E-state index in [0.29, 0.717) is 0 Å². The summed E-state index contributed by atoms with van der Waals surface area (Å²) in [5, 5.41) is 0. The molecule has 0 aromatic heterocycles. The SMILES string of the molecule is CCCC=CC(CCCCC)CCCOCCCC(C=CCCC)CCCCC. The van der Waals surface area contributed by atoms with E-state index in [0.717, 1.165) is 25.0 Å². The van der Waals surface area contributed by atoms with Crippen LogP contribution in [0.4, 0.5) is 0 Å². The Labute approximate surface area is 184 Å². The van der Waals surface area contributed by atoms with Crippen molar-refractivity contribution < 1.29 is 4.74 Å². The Bertz CT molecular complexity index is 323. The second kappa shape index (κ2) is 23.7. The Hall–Kier alpha value is -0.560. The molecule has 0 aliphatic carbocycles. The maximum absolute atomic E-state index is 5.99. The summed E-state index contributed by atoms with van der Waals surface area (Å²) < 4.78 is 5.99. The molecule has 0 bridgehead atoms. The minimum Gasteiger partial charge on any atom is -0.381 e. The van der Waals surface area contributed by atoms with Crippen molar-refractivity contribution in [3.05, 3.63) is 24.3 Å². The molecule has 1 nitrogen and oxygen atoms in total. The van der Waals surface area contributed by atoms with E-state index in [1.165, 1.54) is 103 Å². The van der Waals surface area contributed by atoms with E-state index >= 15 is 0 Å². The monoisotopic (exact) mass is 406 g/mol. The van der Waals surface area contributed by atoms with Crippen LogP contribution in [0, 0.1) is 11.8 Å². The second-order valence-electron chi connectivity index (χ2n) is 8.84.